The highest BCUT2D eigenvalue weighted by atomic mass is 32.1. The fourth-order valence-electron chi connectivity index (χ4n) is 2.09. The molecule has 0 saturated heterocycles. The number of imidazole rings is 1. The normalized spacial score (nSPS) is 11.3. The van der Waals surface area contributed by atoms with E-state index in [4.69, 9.17) is 10.3 Å². The van der Waals surface area contributed by atoms with Crippen molar-refractivity contribution < 1.29 is 4.52 Å². The topological polar surface area (TPSA) is 95.7 Å². The van der Waals surface area contributed by atoms with Crippen molar-refractivity contribution in [1.29, 1.82) is 0 Å². The Bertz CT molecular complexity index is 937. The summed E-state index contributed by atoms with van der Waals surface area (Å²) in [7, 11) is 1.88. The van der Waals surface area contributed by atoms with Crippen molar-refractivity contribution in [3.05, 3.63) is 30.6 Å². The molecule has 0 amide bonds. The number of benzene rings is 1. The Balaban J connectivity index is 1.78. The highest BCUT2D eigenvalue weighted by Gasteiger charge is 2.14. The molecule has 0 saturated carbocycles. The second-order valence-corrected chi connectivity index (χ2v) is 5.58. The van der Waals surface area contributed by atoms with Gasteiger partial charge in [0.2, 0.25) is 5.82 Å². The van der Waals surface area contributed by atoms with E-state index in [1.54, 1.807) is 6.20 Å². The van der Waals surface area contributed by atoms with Crippen LogP contribution in [0.2, 0.25) is 0 Å². The van der Waals surface area contributed by atoms with Crippen LogP contribution in [0.25, 0.3) is 33.3 Å². The summed E-state index contributed by atoms with van der Waals surface area (Å²) < 4.78 is 8.15. The fraction of sp³-hybridized carbons (Fsp3) is 0.0769. The van der Waals surface area contributed by atoms with Crippen molar-refractivity contribution >= 4 is 26.7 Å². The predicted molar refractivity (Wildman–Crippen MR) is 79.5 cm³/mol. The van der Waals surface area contributed by atoms with Crippen LogP contribution in [-0.4, -0.2) is 24.7 Å². The van der Waals surface area contributed by atoms with Crippen LogP contribution in [0.4, 0.5) is 5.13 Å². The molecule has 0 bridgehead atoms. The second kappa shape index (κ2) is 4.38. The summed E-state index contributed by atoms with van der Waals surface area (Å²) in [6.07, 6.45) is 3.52. The van der Waals surface area contributed by atoms with Gasteiger partial charge in [-0.3, -0.25) is 0 Å². The van der Waals surface area contributed by atoms with Crippen LogP contribution in [0.3, 0.4) is 0 Å². The molecular formula is C13H10N6OS. The predicted octanol–water partition coefficient (Wildman–Crippen LogP) is 2.33. The summed E-state index contributed by atoms with van der Waals surface area (Å²) in [5, 5.41) is 4.52. The van der Waals surface area contributed by atoms with E-state index < -0.39 is 0 Å². The van der Waals surface area contributed by atoms with Crippen molar-refractivity contribution in [2.45, 2.75) is 0 Å². The zero-order valence-electron chi connectivity index (χ0n) is 11.0. The number of aryl methyl sites for hydroxylation is 1. The largest absolute Gasteiger partial charge is 0.375 e. The Morgan fingerprint density at radius 2 is 2.19 bits per heavy atom. The highest BCUT2D eigenvalue weighted by Crippen LogP contribution is 2.29. The Hall–Kier alpha value is -2.74. The Labute approximate surface area is 123 Å². The molecule has 4 aromatic rings. The number of hydrogen-bond acceptors (Lipinski definition) is 7. The van der Waals surface area contributed by atoms with Crippen molar-refractivity contribution in [3.8, 4) is 23.1 Å². The van der Waals surface area contributed by atoms with Crippen LogP contribution in [-0.2, 0) is 7.05 Å². The maximum absolute atomic E-state index is 5.71. The van der Waals surface area contributed by atoms with E-state index in [9.17, 15) is 0 Å². The number of hydrogen-bond donors (Lipinski definition) is 1. The van der Waals surface area contributed by atoms with Crippen LogP contribution in [0, 0.1) is 0 Å². The zero-order valence-corrected chi connectivity index (χ0v) is 11.8. The lowest BCUT2D eigenvalue weighted by atomic mass is 10.2. The first-order valence-corrected chi connectivity index (χ1v) is 7.00. The number of aromatic nitrogens is 5. The standard InChI is InChI=1S/C13H10N6OS/c1-19-5-4-15-11(19)10-17-12(20-18-10)7-2-3-8-9(6-7)21-13(14)16-8/h2-6H,1H3,(H2,14,16). The minimum atomic E-state index is 0.446. The van der Waals surface area contributed by atoms with E-state index >= 15 is 0 Å². The van der Waals surface area contributed by atoms with E-state index in [2.05, 4.69) is 20.1 Å². The third-order valence-electron chi connectivity index (χ3n) is 3.10. The van der Waals surface area contributed by atoms with E-state index in [0.717, 1.165) is 15.8 Å². The summed E-state index contributed by atoms with van der Waals surface area (Å²) in [5.74, 6) is 1.57. The smallest absolute Gasteiger partial charge is 0.258 e. The molecule has 0 radical (unpaired) electrons. The monoisotopic (exact) mass is 298 g/mol. The summed E-state index contributed by atoms with van der Waals surface area (Å²) in [4.78, 5) is 12.8. The molecule has 0 aliphatic rings. The van der Waals surface area contributed by atoms with Gasteiger partial charge in [0.15, 0.2) is 11.0 Å². The lowest BCUT2D eigenvalue weighted by Gasteiger charge is -1.94. The first-order valence-electron chi connectivity index (χ1n) is 6.18. The van der Waals surface area contributed by atoms with Gasteiger partial charge in [0, 0.05) is 25.0 Å². The van der Waals surface area contributed by atoms with E-state index in [-0.39, 0.29) is 0 Å². The Kier molecular flexibility index (Phi) is 2.51. The lowest BCUT2D eigenvalue weighted by Crippen LogP contribution is -1.92. The molecule has 2 N–H and O–H groups in total. The van der Waals surface area contributed by atoms with Gasteiger partial charge in [-0.15, -0.1) is 0 Å². The maximum Gasteiger partial charge on any atom is 0.258 e. The summed E-state index contributed by atoms with van der Waals surface area (Å²) in [6.45, 7) is 0. The molecule has 7 nitrogen and oxygen atoms in total. The number of nitrogen functional groups attached to an aromatic ring is 1. The van der Waals surface area contributed by atoms with Crippen LogP contribution in [0.15, 0.2) is 35.1 Å². The molecule has 3 aromatic heterocycles. The fourth-order valence-corrected chi connectivity index (χ4v) is 2.86. The number of rotatable bonds is 2. The zero-order chi connectivity index (χ0) is 14.4. The van der Waals surface area contributed by atoms with Gasteiger partial charge < -0.3 is 14.8 Å². The average Bonchev–Trinajstić information content (AvgIpc) is 3.15. The van der Waals surface area contributed by atoms with Gasteiger partial charge in [-0.05, 0) is 18.2 Å². The van der Waals surface area contributed by atoms with Crippen LogP contribution < -0.4 is 5.73 Å². The highest BCUT2D eigenvalue weighted by molar-refractivity contribution is 7.22. The molecule has 0 spiro atoms. The van der Waals surface area contributed by atoms with E-state index in [1.165, 1.54) is 11.3 Å². The van der Waals surface area contributed by atoms with E-state index in [0.29, 0.717) is 22.7 Å². The number of nitrogens with zero attached hydrogens (tertiary/aromatic N) is 5. The molecular weight excluding hydrogens is 288 g/mol. The van der Waals surface area contributed by atoms with Gasteiger partial charge in [-0.1, -0.05) is 16.5 Å². The van der Waals surface area contributed by atoms with Gasteiger partial charge in [-0.25, -0.2) is 9.97 Å². The van der Waals surface area contributed by atoms with Crippen LogP contribution >= 0.6 is 11.3 Å². The van der Waals surface area contributed by atoms with Crippen molar-refractivity contribution in [3.63, 3.8) is 0 Å². The third kappa shape index (κ3) is 1.96. The molecule has 0 fully saturated rings. The van der Waals surface area contributed by atoms with Crippen LogP contribution in [0.5, 0.6) is 0 Å². The molecule has 1 aromatic carbocycles. The van der Waals surface area contributed by atoms with Gasteiger partial charge in [0.1, 0.15) is 0 Å². The summed E-state index contributed by atoms with van der Waals surface area (Å²) >= 11 is 1.43. The van der Waals surface area contributed by atoms with Gasteiger partial charge in [0.05, 0.1) is 10.2 Å². The second-order valence-electron chi connectivity index (χ2n) is 4.52. The minimum absolute atomic E-state index is 0.446. The summed E-state index contributed by atoms with van der Waals surface area (Å²) in [6, 6.07) is 5.72. The average molecular weight is 298 g/mol. The van der Waals surface area contributed by atoms with Crippen molar-refractivity contribution in [2.24, 2.45) is 7.05 Å². The molecule has 21 heavy (non-hydrogen) atoms. The van der Waals surface area contributed by atoms with Crippen molar-refractivity contribution in [2.75, 3.05) is 5.73 Å². The Morgan fingerprint density at radius 1 is 1.29 bits per heavy atom. The van der Waals surface area contributed by atoms with Gasteiger partial charge in [0.25, 0.3) is 5.89 Å². The third-order valence-corrected chi connectivity index (χ3v) is 3.95. The lowest BCUT2D eigenvalue weighted by molar-refractivity contribution is 0.431. The van der Waals surface area contributed by atoms with Crippen LogP contribution in [0.1, 0.15) is 0 Å². The molecule has 0 unspecified atom stereocenters. The molecule has 4 rings (SSSR count). The molecule has 0 aliphatic carbocycles. The number of fused-ring (bicyclic) bond motifs is 1. The molecule has 3 heterocycles. The molecule has 0 atom stereocenters. The van der Waals surface area contributed by atoms with E-state index in [1.807, 2.05) is 36.0 Å². The van der Waals surface area contributed by atoms with Gasteiger partial charge in [-0.2, -0.15) is 4.98 Å². The number of thiazole rings is 1. The minimum Gasteiger partial charge on any atom is -0.375 e. The molecule has 0 aliphatic heterocycles. The maximum atomic E-state index is 5.71. The first-order chi connectivity index (χ1) is 10.2. The quantitative estimate of drug-likeness (QED) is 0.610. The summed E-state index contributed by atoms with van der Waals surface area (Å²) in [5.41, 5.74) is 7.41. The Morgan fingerprint density at radius 3 is 3.00 bits per heavy atom. The van der Waals surface area contributed by atoms with Crippen molar-refractivity contribution in [1.82, 2.24) is 24.7 Å². The number of nitrogens with two attached hydrogens (primary N) is 1. The number of anilines is 1. The molecule has 104 valence electrons. The first kappa shape index (κ1) is 12.0. The SMILES string of the molecule is Cn1ccnc1-c1noc(-c2ccc3nc(N)sc3c2)n1. The molecule has 8 heteroatoms. The van der Waals surface area contributed by atoms with Gasteiger partial charge >= 0.3 is 0 Å².